The number of benzene rings is 3. The number of rotatable bonds is 6. The highest BCUT2D eigenvalue weighted by molar-refractivity contribution is 6.05. The maximum Gasteiger partial charge on any atom is 0.342 e. The van der Waals surface area contributed by atoms with E-state index in [0.29, 0.717) is 22.6 Å². The van der Waals surface area contributed by atoms with E-state index in [0.717, 1.165) is 16.7 Å². The molecule has 5 rings (SSSR count). The van der Waals surface area contributed by atoms with Crippen LogP contribution in [-0.2, 0) is 4.74 Å². The van der Waals surface area contributed by atoms with Crippen LogP contribution in [0.15, 0.2) is 102 Å². The molecule has 0 radical (unpaired) electrons. The van der Waals surface area contributed by atoms with Crippen molar-refractivity contribution in [1.82, 2.24) is 20.4 Å². The first-order valence-corrected chi connectivity index (χ1v) is 11.2. The number of anilines is 2. The summed E-state index contributed by atoms with van der Waals surface area (Å²) in [5, 5.41) is 18.7. The SMILES string of the molecule is COC(=O)c1c(Nc2cccc(-c3ccc(=O)[nH]n3)c2)nnc(-c2ccccc2)c1-c1ccccc1. The first-order valence-electron chi connectivity index (χ1n) is 11.2. The van der Waals surface area contributed by atoms with Gasteiger partial charge in [-0.15, -0.1) is 10.2 Å². The Hall–Kier alpha value is -5.11. The molecule has 2 heterocycles. The lowest BCUT2D eigenvalue weighted by Gasteiger charge is -2.17. The third kappa shape index (κ3) is 4.60. The number of aromatic nitrogens is 4. The van der Waals surface area contributed by atoms with E-state index in [-0.39, 0.29) is 16.9 Å². The summed E-state index contributed by atoms with van der Waals surface area (Å²) in [7, 11) is 1.34. The van der Waals surface area contributed by atoms with Gasteiger partial charge in [-0.1, -0.05) is 72.8 Å². The highest BCUT2D eigenvalue weighted by Crippen LogP contribution is 2.37. The van der Waals surface area contributed by atoms with Gasteiger partial charge in [0.1, 0.15) is 11.3 Å². The summed E-state index contributed by atoms with van der Waals surface area (Å²) in [5.41, 5.74) is 4.83. The average molecular weight is 476 g/mol. The van der Waals surface area contributed by atoms with Crippen LogP contribution in [0.2, 0.25) is 0 Å². The lowest BCUT2D eigenvalue weighted by Crippen LogP contribution is -2.12. The minimum atomic E-state index is -0.540. The molecule has 3 aromatic carbocycles. The van der Waals surface area contributed by atoms with Gasteiger partial charge in [-0.25, -0.2) is 9.89 Å². The highest BCUT2D eigenvalue weighted by atomic mass is 16.5. The Bertz CT molecular complexity index is 1560. The Morgan fingerprint density at radius 3 is 2.17 bits per heavy atom. The van der Waals surface area contributed by atoms with Gasteiger partial charge in [0.05, 0.1) is 12.8 Å². The number of hydrogen-bond acceptors (Lipinski definition) is 7. The van der Waals surface area contributed by atoms with Crippen molar-refractivity contribution in [2.75, 3.05) is 12.4 Å². The van der Waals surface area contributed by atoms with Crippen LogP contribution in [0.4, 0.5) is 11.5 Å². The van der Waals surface area contributed by atoms with Gasteiger partial charge in [0.2, 0.25) is 0 Å². The average Bonchev–Trinajstić information content (AvgIpc) is 2.94. The Balaban J connectivity index is 1.66. The molecule has 0 atom stereocenters. The topological polar surface area (TPSA) is 110 Å². The molecule has 0 aliphatic heterocycles. The summed E-state index contributed by atoms with van der Waals surface area (Å²) >= 11 is 0. The fourth-order valence-electron chi connectivity index (χ4n) is 3.91. The molecule has 176 valence electrons. The molecule has 36 heavy (non-hydrogen) atoms. The lowest BCUT2D eigenvalue weighted by molar-refractivity contribution is 0.0602. The number of nitrogens with zero attached hydrogens (tertiary/aromatic N) is 3. The van der Waals surface area contributed by atoms with Crippen LogP contribution in [0.1, 0.15) is 10.4 Å². The number of esters is 1. The van der Waals surface area contributed by atoms with Crippen LogP contribution in [0.25, 0.3) is 33.6 Å². The number of H-pyrrole nitrogens is 1. The predicted molar refractivity (Wildman–Crippen MR) is 138 cm³/mol. The summed E-state index contributed by atoms with van der Waals surface area (Å²) < 4.78 is 5.18. The molecule has 0 spiro atoms. The quantitative estimate of drug-likeness (QED) is 0.329. The zero-order valence-corrected chi connectivity index (χ0v) is 19.3. The monoisotopic (exact) mass is 475 g/mol. The van der Waals surface area contributed by atoms with Crippen molar-refractivity contribution in [3.8, 4) is 33.6 Å². The van der Waals surface area contributed by atoms with Gasteiger partial charge in [0, 0.05) is 28.4 Å². The largest absolute Gasteiger partial charge is 0.465 e. The minimum absolute atomic E-state index is 0.256. The van der Waals surface area contributed by atoms with Crippen molar-refractivity contribution in [2.24, 2.45) is 0 Å². The van der Waals surface area contributed by atoms with Gasteiger partial charge < -0.3 is 10.1 Å². The van der Waals surface area contributed by atoms with E-state index in [2.05, 4.69) is 25.7 Å². The molecule has 0 unspecified atom stereocenters. The summed E-state index contributed by atoms with van der Waals surface area (Å²) in [6, 6.07) is 29.6. The Morgan fingerprint density at radius 1 is 0.806 bits per heavy atom. The Kier molecular flexibility index (Phi) is 6.31. The van der Waals surface area contributed by atoms with Crippen molar-refractivity contribution in [3.05, 3.63) is 113 Å². The zero-order chi connectivity index (χ0) is 24.9. The van der Waals surface area contributed by atoms with Gasteiger partial charge in [0.25, 0.3) is 5.56 Å². The number of ether oxygens (including phenoxy) is 1. The second kappa shape index (κ2) is 10.0. The number of hydrogen-bond donors (Lipinski definition) is 2. The summed E-state index contributed by atoms with van der Waals surface area (Å²) in [5.74, 6) is -0.283. The second-order valence-electron chi connectivity index (χ2n) is 7.88. The van der Waals surface area contributed by atoms with Crippen molar-refractivity contribution < 1.29 is 9.53 Å². The fraction of sp³-hybridized carbons (Fsp3) is 0.0357. The predicted octanol–water partition coefficient (Wildman–Crippen LogP) is 5.09. The van der Waals surface area contributed by atoms with Crippen molar-refractivity contribution >= 4 is 17.5 Å². The van der Waals surface area contributed by atoms with Gasteiger partial charge in [-0.05, 0) is 23.8 Å². The van der Waals surface area contributed by atoms with E-state index in [1.165, 1.54) is 13.2 Å². The molecule has 0 fully saturated rings. The number of methoxy groups -OCH3 is 1. The lowest BCUT2D eigenvalue weighted by atomic mass is 9.95. The maximum atomic E-state index is 13.1. The standard InChI is InChI=1S/C28H21N5O3/c1-36-28(35)25-24(18-9-4-2-5-10-18)26(19-11-6-3-7-12-19)32-33-27(25)29-21-14-8-13-20(17-21)22-15-16-23(34)31-30-22/h2-17H,1H3,(H,29,33)(H,31,34). The summed E-state index contributed by atoms with van der Waals surface area (Å²) in [6.45, 7) is 0. The van der Waals surface area contributed by atoms with Crippen molar-refractivity contribution in [1.29, 1.82) is 0 Å². The first kappa shape index (κ1) is 22.7. The molecule has 0 bridgehead atoms. The summed E-state index contributed by atoms with van der Waals surface area (Å²) in [4.78, 5) is 24.5. The van der Waals surface area contributed by atoms with Crippen molar-refractivity contribution in [2.45, 2.75) is 0 Å². The molecule has 8 heteroatoms. The van der Waals surface area contributed by atoms with Gasteiger partial charge in [-0.2, -0.15) is 5.10 Å². The van der Waals surface area contributed by atoms with Crippen LogP contribution < -0.4 is 10.9 Å². The van der Waals surface area contributed by atoms with Crippen LogP contribution in [-0.4, -0.2) is 33.5 Å². The molecule has 0 aliphatic rings. The first-order chi connectivity index (χ1) is 17.6. The van der Waals surface area contributed by atoms with E-state index < -0.39 is 5.97 Å². The zero-order valence-electron chi connectivity index (χ0n) is 19.3. The van der Waals surface area contributed by atoms with E-state index >= 15 is 0 Å². The molecule has 0 saturated heterocycles. The number of carbonyl (C=O) groups is 1. The van der Waals surface area contributed by atoms with Crippen LogP contribution in [0.3, 0.4) is 0 Å². The number of nitrogens with one attached hydrogen (secondary N) is 2. The molecule has 0 amide bonds. The van der Waals surface area contributed by atoms with Crippen LogP contribution >= 0.6 is 0 Å². The third-order valence-electron chi connectivity index (χ3n) is 5.57. The normalized spacial score (nSPS) is 10.6. The minimum Gasteiger partial charge on any atom is -0.465 e. The molecule has 0 aliphatic carbocycles. The van der Waals surface area contributed by atoms with E-state index in [4.69, 9.17) is 4.74 Å². The molecular weight excluding hydrogens is 454 g/mol. The number of carbonyl (C=O) groups excluding carboxylic acids is 1. The summed E-state index contributed by atoms with van der Waals surface area (Å²) in [6.07, 6.45) is 0. The highest BCUT2D eigenvalue weighted by Gasteiger charge is 2.25. The smallest absolute Gasteiger partial charge is 0.342 e. The van der Waals surface area contributed by atoms with Gasteiger partial charge in [0.15, 0.2) is 5.82 Å². The molecule has 2 aromatic heterocycles. The van der Waals surface area contributed by atoms with Crippen molar-refractivity contribution in [3.63, 3.8) is 0 Å². The Morgan fingerprint density at radius 2 is 1.50 bits per heavy atom. The fourth-order valence-corrected chi connectivity index (χ4v) is 3.91. The van der Waals surface area contributed by atoms with E-state index in [9.17, 15) is 9.59 Å². The van der Waals surface area contributed by atoms with Gasteiger partial charge in [-0.3, -0.25) is 4.79 Å². The van der Waals surface area contributed by atoms with Gasteiger partial charge >= 0.3 is 5.97 Å². The molecule has 5 aromatic rings. The number of aromatic amines is 1. The second-order valence-corrected chi connectivity index (χ2v) is 7.88. The van der Waals surface area contributed by atoms with Crippen LogP contribution in [0, 0.1) is 0 Å². The third-order valence-corrected chi connectivity index (χ3v) is 5.57. The molecule has 8 nitrogen and oxygen atoms in total. The molecule has 0 saturated carbocycles. The van der Waals surface area contributed by atoms with Crippen LogP contribution in [0.5, 0.6) is 0 Å². The molecular formula is C28H21N5O3. The van der Waals surface area contributed by atoms with E-state index in [1.54, 1.807) is 6.07 Å². The maximum absolute atomic E-state index is 13.1. The molecule has 2 N–H and O–H groups in total. The van der Waals surface area contributed by atoms with E-state index in [1.807, 2.05) is 84.9 Å². The Labute approximate surface area is 206 Å².